The van der Waals surface area contributed by atoms with E-state index >= 15 is 0 Å². The summed E-state index contributed by atoms with van der Waals surface area (Å²) in [4.78, 5) is 15.9. The Morgan fingerprint density at radius 2 is 0.855 bits per heavy atom. The lowest BCUT2D eigenvalue weighted by Gasteiger charge is -2.14. The summed E-state index contributed by atoms with van der Waals surface area (Å²) >= 11 is 1.75. The lowest BCUT2D eigenvalue weighted by molar-refractivity contribution is 1.08. The summed E-state index contributed by atoms with van der Waals surface area (Å²) in [6.45, 7) is 0. The third kappa shape index (κ3) is 7.63. The van der Waals surface area contributed by atoms with Gasteiger partial charge in [0.25, 0.3) is 0 Å². The molecular formula is C65H41N3S. The Kier molecular flexibility index (Phi) is 8.33. The number of aromatic nitrogens is 3. The molecule has 2 heterocycles. The zero-order valence-electron chi connectivity index (χ0n) is 43.9. The van der Waals surface area contributed by atoms with Crippen molar-refractivity contribution < 1.29 is 9.60 Å². The van der Waals surface area contributed by atoms with Gasteiger partial charge in [-0.2, -0.15) is 0 Å². The summed E-state index contributed by atoms with van der Waals surface area (Å²) in [5.74, 6) is 1.20. The minimum atomic E-state index is -0.521. The molecule has 0 N–H and O–H groups in total. The van der Waals surface area contributed by atoms with Crippen LogP contribution in [0.15, 0.2) is 249 Å². The molecule has 69 heavy (non-hydrogen) atoms. The van der Waals surface area contributed by atoms with E-state index in [1.807, 2.05) is 84.9 Å². The first-order valence-corrected chi connectivity index (χ1v) is 23.6. The van der Waals surface area contributed by atoms with E-state index in [1.54, 1.807) is 11.3 Å². The molecular weight excluding hydrogens is 855 g/mol. The van der Waals surface area contributed by atoms with E-state index in [1.165, 1.54) is 4.70 Å². The maximum atomic E-state index is 9.65. The summed E-state index contributed by atoms with van der Waals surface area (Å²) in [6.07, 6.45) is 0. The van der Waals surface area contributed by atoms with Crippen LogP contribution in [-0.2, 0) is 0 Å². The van der Waals surface area contributed by atoms with Crippen LogP contribution < -0.4 is 0 Å². The van der Waals surface area contributed by atoms with Gasteiger partial charge in [-0.25, -0.2) is 15.0 Å². The van der Waals surface area contributed by atoms with Gasteiger partial charge in [-0.15, -0.1) is 11.3 Å². The molecule has 0 aliphatic carbocycles. The molecule has 3 nitrogen and oxygen atoms in total. The average Bonchev–Trinajstić information content (AvgIpc) is 3.96. The minimum Gasteiger partial charge on any atom is -0.208 e. The number of nitrogens with zero attached hydrogens (tertiary/aromatic N) is 3. The van der Waals surface area contributed by atoms with Crippen LogP contribution in [0.3, 0.4) is 0 Å². The van der Waals surface area contributed by atoms with Gasteiger partial charge in [0.05, 0.1) is 9.60 Å². The molecule has 4 heteroatoms. The number of hydrogen-bond donors (Lipinski definition) is 0. The molecule has 0 spiro atoms. The first-order chi connectivity index (χ1) is 37.1. The van der Waals surface area contributed by atoms with Gasteiger partial charge in [0.1, 0.15) is 0 Å². The molecule has 0 fully saturated rings. The van der Waals surface area contributed by atoms with Gasteiger partial charge < -0.3 is 0 Å². The standard InChI is InChI=1S/C65H41N3S/c1-4-15-42(16-5-1)47-29-30-49-37-51(32-31-48(49)36-47)54-38-53(50-28-27-43-17-10-11-22-46(43)35-50)39-55(40-54)64-66-63(67-65(68-64)59-24-13-12-23-56(59)44-18-6-2-7-19-44)52-33-34-61-60(41-52)58-26-14-25-57(62(58)69-61)45-20-8-3-9-21-45/h1-41H/i10D,11D,17D,22D,27D,28D,35D. The fourth-order valence-corrected chi connectivity index (χ4v) is 10.5. The predicted octanol–water partition coefficient (Wildman–Crippen LogP) is 17.9. The fraction of sp³-hybridized carbons (Fsp3) is 0. The molecule has 13 aromatic rings. The van der Waals surface area contributed by atoms with Crippen LogP contribution in [0.25, 0.3) is 132 Å². The summed E-state index contributed by atoms with van der Waals surface area (Å²) in [5, 5.41) is 3.95. The molecule has 0 radical (unpaired) electrons. The molecule has 0 atom stereocenters. The van der Waals surface area contributed by atoms with Gasteiger partial charge >= 0.3 is 0 Å². The van der Waals surface area contributed by atoms with Crippen molar-refractivity contribution in [1.29, 1.82) is 0 Å². The van der Waals surface area contributed by atoms with Crippen LogP contribution in [0.5, 0.6) is 0 Å². The molecule has 0 bridgehead atoms. The lowest BCUT2D eigenvalue weighted by atomic mass is 9.93. The lowest BCUT2D eigenvalue weighted by Crippen LogP contribution is -2.01. The SMILES string of the molecule is [2H]c1c([2H])c([2H])c2c([2H])c(-c3cc(-c4ccc5cc(-c6ccccc6)ccc5c4)cc(-c4nc(-c5ccc6sc7c(-c8ccccc8)cccc7c6c5)nc(-c5ccccc5-c5ccccc5)n4)c3)c([2H])c([2H])c2c1[2H]. The molecule has 0 unspecified atom stereocenters. The van der Waals surface area contributed by atoms with E-state index in [0.29, 0.717) is 28.6 Å². The van der Waals surface area contributed by atoms with E-state index in [2.05, 4.69) is 121 Å². The minimum absolute atomic E-state index is 0.0486. The van der Waals surface area contributed by atoms with Crippen LogP contribution in [-0.4, -0.2) is 15.0 Å². The van der Waals surface area contributed by atoms with Crippen molar-refractivity contribution in [1.82, 2.24) is 15.0 Å². The first-order valence-electron chi connectivity index (χ1n) is 26.2. The molecule has 0 amide bonds. The van der Waals surface area contributed by atoms with Gasteiger partial charge in [0.15, 0.2) is 17.5 Å². The van der Waals surface area contributed by atoms with E-state index in [9.17, 15) is 4.11 Å². The molecule has 11 aromatic carbocycles. The summed E-state index contributed by atoms with van der Waals surface area (Å²) in [5.41, 5.74) is 10.5. The molecule has 0 saturated heterocycles. The van der Waals surface area contributed by atoms with Gasteiger partial charge in [0, 0.05) is 36.9 Å². The van der Waals surface area contributed by atoms with Crippen LogP contribution >= 0.6 is 11.3 Å². The summed E-state index contributed by atoms with van der Waals surface area (Å²) < 4.78 is 65.3. The topological polar surface area (TPSA) is 38.7 Å². The van der Waals surface area contributed by atoms with E-state index in [0.717, 1.165) is 81.9 Å². The second-order valence-corrected chi connectivity index (χ2v) is 18.1. The Labute approximate surface area is 414 Å². The number of rotatable bonds is 8. The van der Waals surface area contributed by atoms with Gasteiger partial charge in [-0.3, -0.25) is 0 Å². The quantitative estimate of drug-likeness (QED) is 0.152. The van der Waals surface area contributed by atoms with Crippen LogP contribution in [0, 0.1) is 0 Å². The molecule has 0 saturated carbocycles. The molecule has 0 aliphatic rings. The Hall–Kier alpha value is -8.83. The van der Waals surface area contributed by atoms with E-state index in [4.69, 9.17) is 20.4 Å². The number of benzene rings is 11. The van der Waals surface area contributed by atoms with Crippen molar-refractivity contribution in [2.45, 2.75) is 0 Å². The fourth-order valence-electron chi connectivity index (χ4n) is 9.31. The van der Waals surface area contributed by atoms with Crippen molar-refractivity contribution in [2.75, 3.05) is 0 Å². The first kappa shape index (κ1) is 33.6. The monoisotopic (exact) mass is 902 g/mol. The van der Waals surface area contributed by atoms with Crippen molar-refractivity contribution in [2.24, 2.45) is 0 Å². The number of thiophene rings is 1. The average molecular weight is 903 g/mol. The normalized spacial score (nSPS) is 12.9. The highest BCUT2D eigenvalue weighted by Crippen LogP contribution is 2.42. The highest BCUT2D eigenvalue weighted by molar-refractivity contribution is 7.26. The maximum Gasteiger partial charge on any atom is 0.164 e. The summed E-state index contributed by atoms with van der Waals surface area (Å²) in [7, 11) is 0. The second-order valence-electron chi connectivity index (χ2n) is 17.0. The third-order valence-corrected chi connectivity index (χ3v) is 14.0. The van der Waals surface area contributed by atoms with Gasteiger partial charge in [-0.05, 0) is 132 Å². The van der Waals surface area contributed by atoms with E-state index < -0.39 is 30.2 Å². The molecule has 322 valence electrons. The number of hydrogen-bond acceptors (Lipinski definition) is 4. The smallest absolute Gasteiger partial charge is 0.164 e. The molecule has 13 rings (SSSR count). The van der Waals surface area contributed by atoms with Gasteiger partial charge in [0.2, 0.25) is 0 Å². The van der Waals surface area contributed by atoms with Crippen LogP contribution in [0.1, 0.15) is 9.60 Å². The Balaban J connectivity index is 1.06. The molecule has 0 aliphatic heterocycles. The largest absolute Gasteiger partial charge is 0.208 e. The Morgan fingerprint density at radius 3 is 1.58 bits per heavy atom. The zero-order valence-corrected chi connectivity index (χ0v) is 37.7. The highest BCUT2D eigenvalue weighted by Gasteiger charge is 2.19. The second kappa shape index (κ2) is 17.1. The van der Waals surface area contributed by atoms with Crippen molar-refractivity contribution >= 4 is 53.1 Å². The maximum absolute atomic E-state index is 9.65. The van der Waals surface area contributed by atoms with Gasteiger partial charge in [-0.1, -0.05) is 194 Å². The van der Waals surface area contributed by atoms with Crippen molar-refractivity contribution in [3.63, 3.8) is 0 Å². The highest BCUT2D eigenvalue weighted by atomic mass is 32.1. The predicted molar refractivity (Wildman–Crippen MR) is 291 cm³/mol. The summed E-state index contributed by atoms with van der Waals surface area (Å²) in [6, 6.07) is 66.9. The van der Waals surface area contributed by atoms with E-state index in [-0.39, 0.29) is 28.4 Å². The number of fused-ring (bicyclic) bond motifs is 5. The Bertz CT molecular complexity index is 4490. The molecule has 2 aromatic heterocycles. The zero-order chi connectivity index (χ0) is 51.8. The van der Waals surface area contributed by atoms with Crippen molar-refractivity contribution in [3.8, 4) is 89.8 Å². The van der Waals surface area contributed by atoms with Crippen LogP contribution in [0.4, 0.5) is 0 Å². The third-order valence-electron chi connectivity index (χ3n) is 12.7. The Morgan fingerprint density at radius 1 is 0.304 bits per heavy atom. The van der Waals surface area contributed by atoms with Crippen molar-refractivity contribution in [3.05, 3.63) is 249 Å². The van der Waals surface area contributed by atoms with Crippen LogP contribution in [0.2, 0.25) is 0 Å².